The van der Waals surface area contributed by atoms with E-state index in [2.05, 4.69) is 59.2 Å². The van der Waals surface area contributed by atoms with E-state index >= 15 is 0 Å². The number of hydrogen-bond acceptors (Lipinski definition) is 1. The highest BCUT2D eigenvalue weighted by Gasteiger charge is 2.38. The Kier molecular flexibility index (Phi) is 8.37. The molecular formula is C17H32OSi. The van der Waals surface area contributed by atoms with Crippen molar-refractivity contribution in [2.24, 2.45) is 0 Å². The van der Waals surface area contributed by atoms with Gasteiger partial charge in [0.1, 0.15) is 6.10 Å². The van der Waals surface area contributed by atoms with E-state index < -0.39 is 8.32 Å². The van der Waals surface area contributed by atoms with Crippen LogP contribution in [0.15, 0.2) is 12.7 Å². The van der Waals surface area contributed by atoms with Crippen molar-refractivity contribution in [3.8, 4) is 11.8 Å². The van der Waals surface area contributed by atoms with Gasteiger partial charge in [-0.05, 0) is 43.8 Å². The number of unbranched alkanes of at least 4 members (excludes halogenated alkanes) is 2. The maximum Gasteiger partial charge on any atom is 0.193 e. The molecule has 0 amide bonds. The molecule has 0 rings (SSSR count). The van der Waals surface area contributed by atoms with Gasteiger partial charge in [0.2, 0.25) is 0 Å². The molecule has 0 aliphatic rings. The molecular weight excluding hydrogens is 248 g/mol. The van der Waals surface area contributed by atoms with Gasteiger partial charge in [0, 0.05) is 6.42 Å². The highest BCUT2D eigenvalue weighted by atomic mass is 28.4. The summed E-state index contributed by atoms with van der Waals surface area (Å²) in [6.45, 7) is 17.4. The number of rotatable bonds is 7. The molecule has 1 nitrogen and oxygen atoms in total. The molecule has 1 unspecified atom stereocenters. The second kappa shape index (κ2) is 8.61. The van der Waals surface area contributed by atoms with Crippen molar-refractivity contribution in [2.45, 2.75) is 84.0 Å². The third kappa shape index (κ3) is 7.60. The standard InChI is InChI=1S/C17H32OSi/c1-8-10-12-14-16(15-13-11-9-2)18-19(6,7)17(3,4)5/h8,16H,1,9-12,14H2,2-7H3. The molecule has 0 N–H and O–H groups in total. The van der Waals surface area contributed by atoms with Gasteiger partial charge < -0.3 is 4.43 Å². The van der Waals surface area contributed by atoms with Crippen molar-refractivity contribution in [2.75, 3.05) is 0 Å². The van der Waals surface area contributed by atoms with Crippen LogP contribution in [0.1, 0.15) is 59.8 Å². The van der Waals surface area contributed by atoms with Crippen LogP contribution in [0.5, 0.6) is 0 Å². The van der Waals surface area contributed by atoms with Crippen molar-refractivity contribution >= 4 is 8.32 Å². The summed E-state index contributed by atoms with van der Waals surface area (Å²) >= 11 is 0. The molecule has 0 saturated carbocycles. The summed E-state index contributed by atoms with van der Waals surface area (Å²) in [4.78, 5) is 0. The molecule has 0 bridgehead atoms. The third-order valence-electron chi connectivity index (χ3n) is 3.76. The Balaban J connectivity index is 4.66. The molecule has 0 aromatic heterocycles. The number of allylic oxidation sites excluding steroid dienone is 1. The highest BCUT2D eigenvalue weighted by molar-refractivity contribution is 6.74. The summed E-state index contributed by atoms with van der Waals surface area (Å²) in [6.07, 6.45) is 7.35. The summed E-state index contributed by atoms with van der Waals surface area (Å²) in [5.74, 6) is 6.59. The van der Waals surface area contributed by atoms with Crippen molar-refractivity contribution < 1.29 is 4.43 Å². The quantitative estimate of drug-likeness (QED) is 0.257. The smallest absolute Gasteiger partial charge is 0.193 e. The fourth-order valence-corrected chi connectivity index (χ4v) is 2.69. The van der Waals surface area contributed by atoms with Gasteiger partial charge in [-0.25, -0.2) is 0 Å². The summed E-state index contributed by atoms with van der Waals surface area (Å²) in [7, 11) is -1.72. The first-order chi connectivity index (χ1) is 8.74. The van der Waals surface area contributed by atoms with Crippen molar-refractivity contribution in [3.05, 3.63) is 12.7 Å². The minimum Gasteiger partial charge on any atom is -0.403 e. The van der Waals surface area contributed by atoms with Crippen molar-refractivity contribution in [1.82, 2.24) is 0 Å². The maximum absolute atomic E-state index is 6.43. The third-order valence-corrected chi connectivity index (χ3v) is 8.24. The lowest BCUT2D eigenvalue weighted by atomic mass is 10.1. The Morgan fingerprint density at radius 2 is 1.95 bits per heavy atom. The molecule has 0 fully saturated rings. The van der Waals surface area contributed by atoms with Crippen LogP contribution in [-0.2, 0) is 4.43 Å². The van der Waals surface area contributed by atoms with Crippen LogP contribution >= 0.6 is 0 Å². The van der Waals surface area contributed by atoms with E-state index in [-0.39, 0.29) is 11.1 Å². The molecule has 110 valence electrons. The molecule has 0 radical (unpaired) electrons. The second-order valence-corrected chi connectivity index (χ2v) is 11.4. The first kappa shape index (κ1) is 18.5. The fraction of sp³-hybridized carbons (Fsp3) is 0.765. The molecule has 0 aliphatic carbocycles. The average molecular weight is 281 g/mol. The molecule has 0 spiro atoms. The molecule has 0 heterocycles. The van der Waals surface area contributed by atoms with E-state index in [0.717, 1.165) is 32.1 Å². The Labute approximate surface area is 122 Å². The van der Waals surface area contributed by atoms with Gasteiger partial charge in [-0.3, -0.25) is 0 Å². The van der Waals surface area contributed by atoms with E-state index in [1.165, 1.54) is 0 Å². The van der Waals surface area contributed by atoms with Crippen LogP contribution in [0, 0.1) is 11.8 Å². The SMILES string of the molecule is C=CCCCC(C#CCCC)O[Si](C)(C)C(C)(C)C. The average Bonchev–Trinajstić information content (AvgIpc) is 2.27. The summed E-state index contributed by atoms with van der Waals surface area (Å²) in [5, 5.41) is 0.246. The lowest BCUT2D eigenvalue weighted by molar-refractivity contribution is 0.221. The lowest BCUT2D eigenvalue weighted by Gasteiger charge is -2.38. The first-order valence-corrected chi connectivity index (χ1v) is 10.4. The van der Waals surface area contributed by atoms with Gasteiger partial charge >= 0.3 is 0 Å². The minimum atomic E-state index is -1.72. The van der Waals surface area contributed by atoms with E-state index in [9.17, 15) is 0 Å². The van der Waals surface area contributed by atoms with Crippen LogP contribution in [0.25, 0.3) is 0 Å². The van der Waals surface area contributed by atoms with Crippen LogP contribution in [0.3, 0.4) is 0 Å². The molecule has 1 atom stereocenters. The zero-order valence-electron chi connectivity index (χ0n) is 13.8. The predicted molar refractivity (Wildman–Crippen MR) is 88.8 cm³/mol. The van der Waals surface area contributed by atoms with Gasteiger partial charge in [-0.1, -0.05) is 39.7 Å². The first-order valence-electron chi connectivity index (χ1n) is 7.51. The molecule has 0 saturated heterocycles. The van der Waals surface area contributed by atoms with Crippen LogP contribution < -0.4 is 0 Å². The molecule has 0 aliphatic heterocycles. The van der Waals surface area contributed by atoms with Crippen molar-refractivity contribution in [1.29, 1.82) is 0 Å². The minimum absolute atomic E-state index is 0.104. The van der Waals surface area contributed by atoms with E-state index in [1.807, 2.05) is 6.08 Å². The lowest BCUT2D eigenvalue weighted by Crippen LogP contribution is -2.43. The van der Waals surface area contributed by atoms with Gasteiger partial charge in [0.15, 0.2) is 8.32 Å². The molecule has 0 aromatic carbocycles. The maximum atomic E-state index is 6.43. The van der Waals surface area contributed by atoms with Crippen LogP contribution in [0.2, 0.25) is 18.1 Å². The van der Waals surface area contributed by atoms with Gasteiger partial charge in [0.25, 0.3) is 0 Å². The van der Waals surface area contributed by atoms with Crippen molar-refractivity contribution in [3.63, 3.8) is 0 Å². The topological polar surface area (TPSA) is 9.23 Å². The monoisotopic (exact) mass is 280 g/mol. The predicted octanol–water partition coefficient (Wildman–Crippen LogP) is 5.54. The van der Waals surface area contributed by atoms with E-state index in [0.29, 0.717) is 0 Å². The van der Waals surface area contributed by atoms with Crippen LogP contribution in [0.4, 0.5) is 0 Å². The summed E-state index contributed by atoms with van der Waals surface area (Å²) in [6, 6.07) is 0. The largest absolute Gasteiger partial charge is 0.403 e. The molecule has 2 heteroatoms. The second-order valence-electron chi connectivity index (χ2n) is 6.66. The van der Waals surface area contributed by atoms with Gasteiger partial charge in [-0.2, -0.15) is 0 Å². The van der Waals surface area contributed by atoms with Gasteiger partial charge in [-0.15, -0.1) is 12.5 Å². The Morgan fingerprint density at radius 1 is 1.32 bits per heavy atom. The highest BCUT2D eigenvalue weighted by Crippen LogP contribution is 2.37. The van der Waals surface area contributed by atoms with Crippen LogP contribution in [-0.4, -0.2) is 14.4 Å². The van der Waals surface area contributed by atoms with E-state index in [1.54, 1.807) is 0 Å². The zero-order valence-corrected chi connectivity index (χ0v) is 14.8. The Hall–Kier alpha value is -0.523. The summed E-state index contributed by atoms with van der Waals surface area (Å²) < 4.78 is 6.43. The zero-order chi connectivity index (χ0) is 14.9. The summed E-state index contributed by atoms with van der Waals surface area (Å²) in [5.41, 5.74) is 0. The van der Waals surface area contributed by atoms with Gasteiger partial charge in [0.05, 0.1) is 0 Å². The van der Waals surface area contributed by atoms with E-state index in [4.69, 9.17) is 4.43 Å². The molecule has 19 heavy (non-hydrogen) atoms. The fourth-order valence-electron chi connectivity index (χ4n) is 1.45. The normalized spacial score (nSPS) is 13.6. The Morgan fingerprint density at radius 3 is 2.42 bits per heavy atom. The Bertz CT molecular complexity index is 314. The molecule has 0 aromatic rings. The number of hydrogen-bond donors (Lipinski definition) is 0.